The Hall–Kier alpha value is -1.11. The summed E-state index contributed by atoms with van der Waals surface area (Å²) in [6.45, 7) is 6.46. The number of nitrogens with zero attached hydrogens (tertiary/aromatic N) is 1. The molecule has 0 atom stereocenters. The van der Waals surface area contributed by atoms with E-state index in [-0.39, 0.29) is 6.04 Å². The van der Waals surface area contributed by atoms with E-state index in [4.69, 9.17) is 5.73 Å². The largest absolute Gasteiger partial charge is 0.326 e. The predicted octanol–water partition coefficient (Wildman–Crippen LogP) is 1.60. The van der Waals surface area contributed by atoms with Crippen LogP contribution in [0.25, 0.3) is 0 Å². The van der Waals surface area contributed by atoms with Crippen molar-refractivity contribution >= 4 is 15.9 Å². The molecule has 19 heavy (non-hydrogen) atoms. The molecule has 0 radical (unpaired) electrons. The molecule has 3 N–H and O–H groups in total. The molecule has 0 aliphatic carbocycles. The summed E-state index contributed by atoms with van der Waals surface area (Å²) in [5.41, 5.74) is 7.18. The van der Waals surface area contributed by atoms with Gasteiger partial charge in [0.2, 0.25) is 0 Å². The van der Waals surface area contributed by atoms with E-state index in [1.54, 1.807) is 26.0 Å². The third-order valence-electron chi connectivity index (χ3n) is 2.56. The van der Waals surface area contributed by atoms with Crippen LogP contribution in [-0.4, -0.2) is 21.0 Å². The van der Waals surface area contributed by atoms with Crippen LogP contribution in [0.4, 0.5) is 5.69 Å². The summed E-state index contributed by atoms with van der Waals surface area (Å²) in [5, 5.41) is 0. The molecule has 1 rings (SSSR count). The normalized spacial score (nSPS) is 11.8. The summed E-state index contributed by atoms with van der Waals surface area (Å²) in [6.07, 6.45) is 0.748. The standard InChI is InChI=1S/C13H23N3O2S/c1-4-9-16(19(17,18)15-11(2)3)13-7-5-12(10-14)6-8-13/h5-8,11,15H,4,9-10,14H2,1-3H3. The Bertz CT molecular complexity index is 483. The molecule has 6 heteroatoms. The molecule has 108 valence electrons. The van der Waals surface area contributed by atoms with Crippen LogP contribution in [0.2, 0.25) is 0 Å². The predicted molar refractivity (Wildman–Crippen MR) is 79.2 cm³/mol. The molecule has 1 aromatic rings. The Morgan fingerprint density at radius 1 is 1.26 bits per heavy atom. The van der Waals surface area contributed by atoms with Crippen molar-refractivity contribution < 1.29 is 8.42 Å². The number of anilines is 1. The minimum Gasteiger partial charge on any atom is -0.326 e. The first-order valence-corrected chi connectivity index (χ1v) is 7.93. The van der Waals surface area contributed by atoms with Crippen LogP contribution < -0.4 is 14.8 Å². The summed E-state index contributed by atoms with van der Waals surface area (Å²) in [4.78, 5) is 0. The van der Waals surface area contributed by atoms with Gasteiger partial charge in [0, 0.05) is 19.1 Å². The lowest BCUT2D eigenvalue weighted by Crippen LogP contribution is -2.44. The molecule has 5 nitrogen and oxygen atoms in total. The number of hydrogen-bond donors (Lipinski definition) is 2. The fourth-order valence-corrected chi connectivity index (χ4v) is 3.30. The first-order chi connectivity index (χ1) is 8.90. The second-order valence-corrected chi connectivity index (χ2v) is 6.35. The smallest absolute Gasteiger partial charge is 0.301 e. The second-order valence-electron chi connectivity index (χ2n) is 4.72. The highest BCUT2D eigenvalue weighted by Gasteiger charge is 2.22. The van der Waals surface area contributed by atoms with Gasteiger partial charge in [-0.05, 0) is 38.0 Å². The number of hydrogen-bond acceptors (Lipinski definition) is 3. The lowest BCUT2D eigenvalue weighted by atomic mass is 10.2. The van der Waals surface area contributed by atoms with Crippen LogP contribution in [0.1, 0.15) is 32.8 Å². The van der Waals surface area contributed by atoms with E-state index >= 15 is 0 Å². The van der Waals surface area contributed by atoms with Gasteiger partial charge in [0.1, 0.15) is 0 Å². The van der Waals surface area contributed by atoms with Crippen LogP contribution in [0.3, 0.4) is 0 Å². The molecule has 0 aromatic heterocycles. The van der Waals surface area contributed by atoms with E-state index in [9.17, 15) is 8.42 Å². The monoisotopic (exact) mass is 285 g/mol. The van der Waals surface area contributed by atoms with Crippen LogP contribution >= 0.6 is 0 Å². The second kappa shape index (κ2) is 6.88. The van der Waals surface area contributed by atoms with Gasteiger partial charge in [-0.2, -0.15) is 13.1 Å². The minimum atomic E-state index is -3.50. The molecule has 0 bridgehead atoms. The highest BCUT2D eigenvalue weighted by molar-refractivity contribution is 7.90. The van der Waals surface area contributed by atoms with Crippen LogP contribution in [-0.2, 0) is 16.8 Å². The zero-order valence-electron chi connectivity index (χ0n) is 11.8. The topological polar surface area (TPSA) is 75.4 Å². The maximum Gasteiger partial charge on any atom is 0.301 e. The van der Waals surface area contributed by atoms with Gasteiger partial charge in [-0.1, -0.05) is 19.1 Å². The van der Waals surface area contributed by atoms with Crippen LogP contribution in [0.15, 0.2) is 24.3 Å². The zero-order valence-corrected chi connectivity index (χ0v) is 12.6. The first-order valence-electron chi connectivity index (χ1n) is 6.49. The SMILES string of the molecule is CCCN(c1ccc(CN)cc1)S(=O)(=O)NC(C)C. The van der Waals surface area contributed by atoms with Crippen molar-refractivity contribution in [2.75, 3.05) is 10.8 Å². The average Bonchev–Trinajstić information content (AvgIpc) is 2.34. The van der Waals surface area contributed by atoms with Gasteiger partial charge in [-0.3, -0.25) is 4.31 Å². The summed E-state index contributed by atoms with van der Waals surface area (Å²) in [7, 11) is -3.50. The highest BCUT2D eigenvalue weighted by Crippen LogP contribution is 2.18. The van der Waals surface area contributed by atoms with Gasteiger partial charge in [-0.15, -0.1) is 0 Å². The quantitative estimate of drug-likeness (QED) is 0.799. The zero-order chi connectivity index (χ0) is 14.5. The Morgan fingerprint density at radius 3 is 2.26 bits per heavy atom. The lowest BCUT2D eigenvalue weighted by Gasteiger charge is -2.25. The van der Waals surface area contributed by atoms with Crippen molar-refractivity contribution in [2.24, 2.45) is 5.73 Å². The van der Waals surface area contributed by atoms with Crippen molar-refractivity contribution in [3.63, 3.8) is 0 Å². The summed E-state index contributed by atoms with van der Waals surface area (Å²) in [5.74, 6) is 0. The molecule has 0 saturated carbocycles. The number of nitrogens with two attached hydrogens (primary N) is 1. The van der Waals surface area contributed by atoms with E-state index in [0.29, 0.717) is 18.8 Å². The molecule has 0 amide bonds. The van der Waals surface area contributed by atoms with E-state index in [2.05, 4.69) is 4.72 Å². The fraction of sp³-hybridized carbons (Fsp3) is 0.538. The first kappa shape index (κ1) is 15.9. The number of rotatable bonds is 7. The Kier molecular flexibility index (Phi) is 5.78. The Morgan fingerprint density at radius 2 is 1.84 bits per heavy atom. The van der Waals surface area contributed by atoms with E-state index in [0.717, 1.165) is 12.0 Å². The average molecular weight is 285 g/mol. The molecule has 0 fully saturated rings. The molecular formula is C13H23N3O2S. The molecule has 1 aromatic carbocycles. The van der Waals surface area contributed by atoms with Gasteiger partial charge in [0.05, 0.1) is 5.69 Å². The third-order valence-corrected chi connectivity index (χ3v) is 4.30. The van der Waals surface area contributed by atoms with Crippen molar-refractivity contribution in [2.45, 2.75) is 39.8 Å². The number of benzene rings is 1. The molecule has 0 spiro atoms. The molecule has 0 heterocycles. The van der Waals surface area contributed by atoms with Crippen molar-refractivity contribution in [1.82, 2.24) is 4.72 Å². The van der Waals surface area contributed by atoms with E-state index in [1.165, 1.54) is 4.31 Å². The molecule has 0 unspecified atom stereocenters. The fourth-order valence-electron chi connectivity index (χ4n) is 1.75. The van der Waals surface area contributed by atoms with Crippen molar-refractivity contribution in [1.29, 1.82) is 0 Å². The molecule has 0 aliphatic heterocycles. The van der Waals surface area contributed by atoms with E-state index in [1.807, 2.05) is 19.1 Å². The van der Waals surface area contributed by atoms with Crippen molar-refractivity contribution in [3.05, 3.63) is 29.8 Å². The molecule has 0 aliphatic rings. The maximum atomic E-state index is 12.3. The van der Waals surface area contributed by atoms with Gasteiger partial charge in [0.25, 0.3) is 0 Å². The Balaban J connectivity index is 3.05. The van der Waals surface area contributed by atoms with Gasteiger partial charge < -0.3 is 5.73 Å². The third kappa shape index (κ3) is 4.49. The van der Waals surface area contributed by atoms with E-state index < -0.39 is 10.2 Å². The lowest BCUT2D eigenvalue weighted by molar-refractivity contribution is 0.564. The maximum absolute atomic E-state index is 12.3. The molecule has 0 saturated heterocycles. The van der Waals surface area contributed by atoms with Crippen LogP contribution in [0.5, 0.6) is 0 Å². The van der Waals surface area contributed by atoms with Crippen LogP contribution in [0, 0.1) is 0 Å². The van der Waals surface area contributed by atoms with Gasteiger partial charge >= 0.3 is 10.2 Å². The minimum absolute atomic E-state index is 0.132. The molecular weight excluding hydrogens is 262 g/mol. The highest BCUT2D eigenvalue weighted by atomic mass is 32.2. The summed E-state index contributed by atoms with van der Waals surface area (Å²) in [6, 6.07) is 7.15. The van der Waals surface area contributed by atoms with Crippen molar-refractivity contribution in [3.8, 4) is 0 Å². The number of nitrogens with one attached hydrogen (secondary N) is 1. The summed E-state index contributed by atoms with van der Waals surface area (Å²) < 4.78 is 28.6. The summed E-state index contributed by atoms with van der Waals surface area (Å²) >= 11 is 0. The van der Waals surface area contributed by atoms with Gasteiger partial charge in [0.15, 0.2) is 0 Å². The van der Waals surface area contributed by atoms with Gasteiger partial charge in [-0.25, -0.2) is 0 Å². The Labute approximate surface area is 116 Å².